The lowest BCUT2D eigenvalue weighted by atomic mass is 9.75. The predicted molar refractivity (Wildman–Crippen MR) is 121 cm³/mol. The van der Waals surface area contributed by atoms with Crippen LogP contribution >= 0.6 is 0 Å². The molecule has 1 aliphatic rings. The molecule has 2 atom stereocenters. The summed E-state index contributed by atoms with van der Waals surface area (Å²) < 4.78 is 2.12. The molecule has 4 nitrogen and oxygen atoms in total. The maximum atomic E-state index is 13.5. The molecular formula is C26H31N3O. The summed E-state index contributed by atoms with van der Waals surface area (Å²) in [6, 6.07) is 16.4. The second-order valence-electron chi connectivity index (χ2n) is 8.48. The van der Waals surface area contributed by atoms with Gasteiger partial charge in [-0.1, -0.05) is 48.5 Å². The van der Waals surface area contributed by atoms with Gasteiger partial charge in [0, 0.05) is 37.0 Å². The summed E-state index contributed by atoms with van der Waals surface area (Å²) in [5.41, 5.74) is 4.82. The van der Waals surface area contributed by atoms with E-state index in [0.29, 0.717) is 0 Å². The van der Waals surface area contributed by atoms with Crippen LogP contribution in [0.25, 0.3) is 0 Å². The van der Waals surface area contributed by atoms with Gasteiger partial charge in [0.1, 0.15) is 0 Å². The van der Waals surface area contributed by atoms with Crippen molar-refractivity contribution in [3.8, 4) is 0 Å². The zero-order valence-electron chi connectivity index (χ0n) is 18.0. The number of piperidine rings is 1. The lowest BCUT2D eigenvalue weighted by Gasteiger charge is -2.39. The van der Waals surface area contributed by atoms with Crippen LogP contribution in [-0.4, -0.2) is 39.9 Å². The van der Waals surface area contributed by atoms with Gasteiger partial charge in [-0.15, -0.1) is 0 Å². The van der Waals surface area contributed by atoms with Crippen LogP contribution in [0.5, 0.6) is 0 Å². The van der Waals surface area contributed by atoms with Gasteiger partial charge in [0.25, 0.3) is 0 Å². The molecule has 0 bridgehead atoms. The number of rotatable bonds is 7. The Hall–Kier alpha value is -2.72. The van der Waals surface area contributed by atoms with Crippen LogP contribution in [0.3, 0.4) is 0 Å². The van der Waals surface area contributed by atoms with Crippen molar-refractivity contribution in [1.29, 1.82) is 0 Å². The number of aryl methyl sites for hydroxylation is 2. The number of benzene rings is 2. The molecule has 1 aliphatic heterocycles. The number of nitrogens with zero attached hydrogens (tertiary/aromatic N) is 3. The monoisotopic (exact) mass is 401 g/mol. The minimum absolute atomic E-state index is 0.00473. The predicted octanol–water partition coefficient (Wildman–Crippen LogP) is 4.88. The maximum Gasteiger partial charge on any atom is 0.167 e. The van der Waals surface area contributed by atoms with Crippen molar-refractivity contribution < 1.29 is 4.79 Å². The van der Waals surface area contributed by atoms with Crippen molar-refractivity contribution in [2.45, 2.75) is 39.2 Å². The van der Waals surface area contributed by atoms with Gasteiger partial charge in [-0.25, -0.2) is 4.98 Å². The smallest absolute Gasteiger partial charge is 0.167 e. The summed E-state index contributed by atoms with van der Waals surface area (Å²) in [6.07, 6.45) is 7.79. The zero-order valence-corrected chi connectivity index (χ0v) is 18.0. The van der Waals surface area contributed by atoms with E-state index in [4.69, 9.17) is 0 Å². The SMILES string of the molecule is Cc1cccc([C@H]2CCN(CCCn3ccnc3)C[C@H]2C(=O)c2ccccc2)c1C. The number of imidazole rings is 1. The molecule has 3 aromatic rings. The highest BCUT2D eigenvalue weighted by Gasteiger charge is 2.36. The van der Waals surface area contributed by atoms with E-state index in [9.17, 15) is 4.79 Å². The Labute approximate surface area is 179 Å². The molecule has 0 N–H and O–H groups in total. The topological polar surface area (TPSA) is 38.1 Å². The molecule has 1 aromatic heterocycles. The second kappa shape index (κ2) is 9.40. The Balaban J connectivity index is 1.53. The number of carbonyl (C=O) groups is 1. The Kier molecular flexibility index (Phi) is 6.44. The number of likely N-dealkylation sites (tertiary alicyclic amines) is 1. The van der Waals surface area contributed by atoms with Crippen LogP contribution in [0.15, 0.2) is 67.3 Å². The molecule has 4 rings (SSSR count). The van der Waals surface area contributed by atoms with Crippen LogP contribution in [0.4, 0.5) is 0 Å². The van der Waals surface area contributed by atoms with Crippen LogP contribution in [0.1, 0.15) is 45.8 Å². The first-order valence-electron chi connectivity index (χ1n) is 11.0. The fraction of sp³-hybridized carbons (Fsp3) is 0.385. The molecule has 156 valence electrons. The number of carbonyl (C=O) groups excluding carboxylic acids is 1. The zero-order chi connectivity index (χ0) is 20.9. The summed E-state index contributed by atoms with van der Waals surface area (Å²) >= 11 is 0. The first kappa shape index (κ1) is 20.5. The van der Waals surface area contributed by atoms with Crippen LogP contribution in [0, 0.1) is 19.8 Å². The molecule has 4 heteroatoms. The van der Waals surface area contributed by atoms with Crippen molar-refractivity contribution >= 4 is 5.78 Å². The molecule has 2 heterocycles. The van der Waals surface area contributed by atoms with Crippen molar-refractivity contribution in [3.05, 3.63) is 89.5 Å². The second-order valence-corrected chi connectivity index (χ2v) is 8.48. The molecule has 1 saturated heterocycles. The molecule has 0 amide bonds. The van der Waals surface area contributed by atoms with Crippen LogP contribution in [0.2, 0.25) is 0 Å². The lowest BCUT2D eigenvalue weighted by molar-refractivity contribution is 0.0775. The molecule has 0 saturated carbocycles. The first-order valence-corrected chi connectivity index (χ1v) is 11.0. The highest BCUT2D eigenvalue weighted by Crippen LogP contribution is 2.37. The number of hydrogen-bond acceptors (Lipinski definition) is 3. The largest absolute Gasteiger partial charge is 0.337 e. The van der Waals surface area contributed by atoms with Crippen molar-refractivity contribution in [2.75, 3.05) is 19.6 Å². The third kappa shape index (κ3) is 4.54. The number of aromatic nitrogens is 2. The normalized spacial score (nSPS) is 19.7. The summed E-state index contributed by atoms with van der Waals surface area (Å²) in [5, 5.41) is 0. The van der Waals surface area contributed by atoms with Gasteiger partial charge in [0.15, 0.2) is 5.78 Å². The average Bonchev–Trinajstić information content (AvgIpc) is 3.29. The van der Waals surface area contributed by atoms with E-state index in [1.165, 1.54) is 16.7 Å². The van der Waals surface area contributed by atoms with Gasteiger partial charge in [0.05, 0.1) is 6.33 Å². The summed E-state index contributed by atoms with van der Waals surface area (Å²) in [6.45, 7) is 8.21. The van der Waals surface area contributed by atoms with Gasteiger partial charge in [-0.2, -0.15) is 0 Å². The summed E-state index contributed by atoms with van der Waals surface area (Å²) in [4.78, 5) is 20.1. The van der Waals surface area contributed by atoms with Gasteiger partial charge in [-0.05, 0) is 62.4 Å². The molecule has 0 radical (unpaired) electrons. The molecule has 0 unspecified atom stereocenters. The molecular weight excluding hydrogens is 370 g/mol. The minimum Gasteiger partial charge on any atom is -0.337 e. The lowest BCUT2D eigenvalue weighted by Crippen LogP contribution is -2.43. The van der Waals surface area contributed by atoms with E-state index >= 15 is 0 Å². The van der Waals surface area contributed by atoms with Gasteiger partial charge in [-0.3, -0.25) is 4.79 Å². The third-order valence-electron chi connectivity index (χ3n) is 6.59. The molecule has 2 aromatic carbocycles. The first-order chi connectivity index (χ1) is 14.6. The van der Waals surface area contributed by atoms with Crippen LogP contribution < -0.4 is 0 Å². The third-order valence-corrected chi connectivity index (χ3v) is 6.59. The quantitative estimate of drug-likeness (QED) is 0.530. The molecule has 30 heavy (non-hydrogen) atoms. The number of Topliss-reactive ketones (excluding diaryl/α,β-unsaturated/α-hetero) is 1. The average molecular weight is 402 g/mol. The molecule has 0 aliphatic carbocycles. The van der Waals surface area contributed by atoms with Crippen molar-refractivity contribution in [2.24, 2.45) is 5.92 Å². The number of hydrogen-bond donors (Lipinski definition) is 0. The number of ketones is 1. The molecule has 0 spiro atoms. The fourth-order valence-electron chi connectivity index (χ4n) is 4.75. The van der Waals surface area contributed by atoms with E-state index in [1.54, 1.807) is 0 Å². The summed E-state index contributed by atoms with van der Waals surface area (Å²) in [5.74, 6) is 0.554. The van der Waals surface area contributed by atoms with Gasteiger partial charge >= 0.3 is 0 Å². The Morgan fingerprint density at radius 3 is 2.67 bits per heavy atom. The van der Waals surface area contributed by atoms with Crippen molar-refractivity contribution in [3.63, 3.8) is 0 Å². The highest BCUT2D eigenvalue weighted by atomic mass is 16.1. The Morgan fingerprint density at radius 1 is 1.07 bits per heavy atom. The van der Waals surface area contributed by atoms with Crippen molar-refractivity contribution in [1.82, 2.24) is 14.5 Å². The maximum absolute atomic E-state index is 13.5. The minimum atomic E-state index is -0.00473. The van der Waals surface area contributed by atoms with E-state index in [-0.39, 0.29) is 17.6 Å². The Morgan fingerprint density at radius 2 is 1.90 bits per heavy atom. The van der Waals surface area contributed by atoms with E-state index < -0.39 is 0 Å². The van der Waals surface area contributed by atoms with E-state index in [2.05, 4.69) is 46.5 Å². The fourth-order valence-corrected chi connectivity index (χ4v) is 4.75. The van der Waals surface area contributed by atoms with E-state index in [1.807, 2.05) is 49.1 Å². The van der Waals surface area contributed by atoms with Gasteiger partial charge in [0.2, 0.25) is 0 Å². The van der Waals surface area contributed by atoms with Gasteiger partial charge < -0.3 is 9.47 Å². The van der Waals surface area contributed by atoms with Crippen LogP contribution in [-0.2, 0) is 6.54 Å². The molecule has 1 fully saturated rings. The Bertz CT molecular complexity index is 965. The summed E-state index contributed by atoms with van der Waals surface area (Å²) in [7, 11) is 0. The highest BCUT2D eigenvalue weighted by molar-refractivity contribution is 5.98. The standard InChI is InChI=1S/C26H31N3O/c1-20-8-6-11-23(21(20)2)24-12-16-28(14-7-15-29-17-13-27-19-29)18-25(24)26(30)22-9-4-3-5-10-22/h3-6,8-11,13,17,19,24-25H,7,12,14-16,18H2,1-2H3/t24-,25-/m1/s1. The van der Waals surface area contributed by atoms with E-state index in [0.717, 1.165) is 44.6 Å².